The van der Waals surface area contributed by atoms with E-state index in [4.69, 9.17) is 0 Å². The molecular weight excluding hydrogens is 274 g/mol. The van der Waals surface area contributed by atoms with Crippen molar-refractivity contribution in [3.8, 4) is 0 Å². The third kappa shape index (κ3) is 3.80. The molecule has 0 spiro atoms. The molecule has 1 amide bonds. The van der Waals surface area contributed by atoms with Crippen LogP contribution in [0.5, 0.6) is 0 Å². The maximum Gasteiger partial charge on any atom is 0.251 e. The highest BCUT2D eigenvalue weighted by atomic mass is 16.1. The summed E-state index contributed by atoms with van der Waals surface area (Å²) in [6, 6.07) is 7.78. The van der Waals surface area contributed by atoms with E-state index in [0.717, 1.165) is 17.8 Å². The molecule has 0 unspecified atom stereocenters. The predicted octanol–water partition coefficient (Wildman–Crippen LogP) is 1.33. The van der Waals surface area contributed by atoms with Gasteiger partial charge in [0.15, 0.2) is 0 Å². The predicted molar refractivity (Wildman–Crippen MR) is 91.7 cm³/mol. The fraction of sp³-hybridized carbons (Fsp3) is 0.611. The van der Waals surface area contributed by atoms with E-state index in [9.17, 15) is 4.79 Å². The van der Waals surface area contributed by atoms with E-state index >= 15 is 0 Å². The van der Waals surface area contributed by atoms with Gasteiger partial charge in [0.1, 0.15) is 5.54 Å². The molecular formula is C18H30N3O+. The fourth-order valence-electron chi connectivity index (χ4n) is 3.34. The summed E-state index contributed by atoms with van der Waals surface area (Å²) >= 11 is 0. The van der Waals surface area contributed by atoms with E-state index in [1.54, 1.807) is 0 Å². The molecule has 22 heavy (non-hydrogen) atoms. The number of anilines is 1. The lowest BCUT2D eigenvalue weighted by Crippen LogP contribution is -3.16. The number of likely N-dealkylation sites (N-methyl/N-ethyl adjacent to an activating group) is 1. The second kappa shape index (κ2) is 7.14. The van der Waals surface area contributed by atoms with Crippen molar-refractivity contribution in [2.75, 3.05) is 39.6 Å². The van der Waals surface area contributed by atoms with Gasteiger partial charge < -0.3 is 15.1 Å². The van der Waals surface area contributed by atoms with Crippen molar-refractivity contribution < 1.29 is 9.69 Å². The van der Waals surface area contributed by atoms with Gasteiger partial charge in [-0.2, -0.15) is 0 Å². The average molecular weight is 304 g/mol. The van der Waals surface area contributed by atoms with Crippen LogP contribution in [0.3, 0.4) is 0 Å². The van der Waals surface area contributed by atoms with Gasteiger partial charge >= 0.3 is 0 Å². The number of nitrogens with one attached hydrogen (secondary N) is 2. The highest BCUT2D eigenvalue weighted by molar-refractivity contribution is 5.94. The van der Waals surface area contributed by atoms with E-state index in [-0.39, 0.29) is 11.4 Å². The zero-order chi connectivity index (χ0) is 16.2. The monoisotopic (exact) mass is 304 g/mol. The van der Waals surface area contributed by atoms with Crippen LogP contribution in [0.1, 0.15) is 42.5 Å². The van der Waals surface area contributed by atoms with Gasteiger partial charge in [-0.1, -0.05) is 6.42 Å². The van der Waals surface area contributed by atoms with E-state index in [1.807, 2.05) is 43.3 Å². The van der Waals surface area contributed by atoms with Gasteiger partial charge in [-0.15, -0.1) is 0 Å². The number of quaternary nitrogens is 1. The summed E-state index contributed by atoms with van der Waals surface area (Å²) in [6.45, 7) is 0.767. The van der Waals surface area contributed by atoms with E-state index in [0.29, 0.717) is 0 Å². The molecule has 2 rings (SSSR count). The minimum absolute atomic E-state index is 0.0384. The SMILES string of the molecule is CN(C)c1ccc(C(=O)NCC2([NH+](C)C)CCCCC2)cc1. The number of rotatable bonds is 5. The summed E-state index contributed by atoms with van der Waals surface area (Å²) in [5.74, 6) is 0.0384. The van der Waals surface area contributed by atoms with Crippen LogP contribution in [-0.2, 0) is 0 Å². The van der Waals surface area contributed by atoms with Crippen molar-refractivity contribution in [2.45, 2.75) is 37.6 Å². The molecule has 0 aliphatic heterocycles. The Labute approximate surface area is 134 Å². The molecule has 0 saturated heterocycles. The minimum atomic E-state index is 0.0384. The molecule has 4 nitrogen and oxygen atoms in total. The topological polar surface area (TPSA) is 36.8 Å². The van der Waals surface area contributed by atoms with Crippen LogP contribution in [-0.4, -0.2) is 46.2 Å². The summed E-state index contributed by atoms with van der Waals surface area (Å²) in [4.78, 5) is 15.9. The summed E-state index contributed by atoms with van der Waals surface area (Å²) in [5, 5.41) is 3.17. The molecule has 1 saturated carbocycles. The van der Waals surface area contributed by atoms with Gasteiger partial charge in [-0.05, 0) is 37.1 Å². The third-order valence-corrected chi connectivity index (χ3v) is 5.10. The summed E-state index contributed by atoms with van der Waals surface area (Å²) < 4.78 is 0. The standard InChI is InChI=1S/C18H29N3O/c1-20(2)16-10-8-15(9-11-16)17(22)19-14-18(21(3)4)12-6-5-7-13-18/h8-11H,5-7,12-14H2,1-4H3,(H,19,22)/p+1. The fourth-order valence-corrected chi connectivity index (χ4v) is 3.34. The molecule has 0 aromatic heterocycles. The zero-order valence-electron chi connectivity index (χ0n) is 14.4. The minimum Gasteiger partial charge on any atom is -0.378 e. The number of nitrogens with zero attached hydrogens (tertiary/aromatic N) is 1. The number of hydrogen-bond acceptors (Lipinski definition) is 2. The molecule has 0 atom stereocenters. The van der Waals surface area contributed by atoms with Crippen molar-refractivity contribution in [3.63, 3.8) is 0 Å². The van der Waals surface area contributed by atoms with E-state index in [1.165, 1.54) is 37.0 Å². The van der Waals surface area contributed by atoms with Crippen molar-refractivity contribution in [1.82, 2.24) is 5.32 Å². The molecule has 1 aliphatic carbocycles. The van der Waals surface area contributed by atoms with Crippen LogP contribution in [0.15, 0.2) is 24.3 Å². The van der Waals surface area contributed by atoms with Gasteiger partial charge in [0.05, 0.1) is 20.6 Å². The molecule has 2 N–H and O–H groups in total. The van der Waals surface area contributed by atoms with Crippen molar-refractivity contribution in [2.24, 2.45) is 0 Å². The van der Waals surface area contributed by atoms with Gasteiger partial charge in [-0.25, -0.2) is 0 Å². The van der Waals surface area contributed by atoms with Crippen LogP contribution in [0.2, 0.25) is 0 Å². The first-order chi connectivity index (χ1) is 10.4. The lowest BCUT2D eigenvalue weighted by Gasteiger charge is -2.39. The van der Waals surface area contributed by atoms with Gasteiger partial charge in [-0.3, -0.25) is 4.79 Å². The normalized spacial score (nSPS) is 17.3. The van der Waals surface area contributed by atoms with E-state index < -0.39 is 0 Å². The quantitative estimate of drug-likeness (QED) is 0.861. The molecule has 4 heteroatoms. The van der Waals surface area contributed by atoms with E-state index in [2.05, 4.69) is 19.4 Å². The number of benzene rings is 1. The summed E-state index contributed by atoms with van der Waals surface area (Å²) in [5.41, 5.74) is 2.06. The van der Waals surface area contributed by atoms with Gasteiger partial charge in [0.25, 0.3) is 5.91 Å². The first kappa shape index (κ1) is 16.8. The lowest BCUT2D eigenvalue weighted by atomic mass is 9.80. The number of carbonyl (C=O) groups excluding carboxylic acids is 1. The molecule has 1 aromatic rings. The molecule has 0 bridgehead atoms. The highest BCUT2D eigenvalue weighted by Crippen LogP contribution is 2.25. The average Bonchev–Trinajstić information content (AvgIpc) is 2.53. The maximum atomic E-state index is 12.4. The Morgan fingerprint density at radius 2 is 1.73 bits per heavy atom. The first-order valence-electron chi connectivity index (χ1n) is 8.31. The Morgan fingerprint density at radius 3 is 2.23 bits per heavy atom. The third-order valence-electron chi connectivity index (χ3n) is 5.10. The van der Waals surface area contributed by atoms with Crippen LogP contribution >= 0.6 is 0 Å². The summed E-state index contributed by atoms with van der Waals surface area (Å²) in [7, 11) is 8.43. The molecule has 122 valence electrons. The van der Waals surface area contributed by atoms with Crippen LogP contribution in [0.4, 0.5) is 5.69 Å². The Balaban J connectivity index is 1.98. The van der Waals surface area contributed by atoms with Crippen LogP contribution in [0, 0.1) is 0 Å². The van der Waals surface area contributed by atoms with Crippen LogP contribution in [0.25, 0.3) is 0 Å². The second-order valence-electron chi connectivity index (χ2n) is 6.96. The Kier molecular flexibility index (Phi) is 5.46. The molecule has 1 aromatic carbocycles. The first-order valence-corrected chi connectivity index (χ1v) is 8.31. The molecule has 1 aliphatic rings. The van der Waals surface area contributed by atoms with Crippen molar-refractivity contribution in [1.29, 1.82) is 0 Å². The lowest BCUT2D eigenvalue weighted by molar-refractivity contribution is -0.916. The molecule has 0 heterocycles. The van der Waals surface area contributed by atoms with Gasteiger partial charge in [0.2, 0.25) is 0 Å². The van der Waals surface area contributed by atoms with Gasteiger partial charge in [0, 0.05) is 38.2 Å². The second-order valence-corrected chi connectivity index (χ2v) is 6.96. The Bertz CT molecular complexity index is 488. The Hall–Kier alpha value is -1.55. The number of carbonyl (C=O) groups is 1. The number of amides is 1. The van der Waals surface area contributed by atoms with Crippen LogP contribution < -0.4 is 15.1 Å². The zero-order valence-corrected chi connectivity index (χ0v) is 14.4. The maximum absolute atomic E-state index is 12.4. The smallest absolute Gasteiger partial charge is 0.251 e. The largest absolute Gasteiger partial charge is 0.378 e. The summed E-state index contributed by atoms with van der Waals surface area (Å²) in [6.07, 6.45) is 6.29. The van der Waals surface area contributed by atoms with Crippen molar-refractivity contribution >= 4 is 11.6 Å². The molecule has 1 fully saturated rings. The highest BCUT2D eigenvalue weighted by Gasteiger charge is 2.38. The molecule has 0 radical (unpaired) electrons. The Morgan fingerprint density at radius 1 is 1.14 bits per heavy atom. The number of hydrogen-bond donors (Lipinski definition) is 2. The van der Waals surface area contributed by atoms with Crippen molar-refractivity contribution in [3.05, 3.63) is 29.8 Å².